The van der Waals surface area contributed by atoms with Gasteiger partial charge in [0.15, 0.2) is 6.61 Å². The van der Waals surface area contributed by atoms with Crippen molar-refractivity contribution in [2.75, 3.05) is 6.61 Å². The first-order chi connectivity index (χ1) is 13.2. The van der Waals surface area contributed by atoms with E-state index in [-0.39, 0.29) is 24.0 Å². The van der Waals surface area contributed by atoms with Crippen LogP contribution in [0, 0.1) is 0 Å². The topological polar surface area (TPSA) is 58.6 Å². The summed E-state index contributed by atoms with van der Waals surface area (Å²) in [6, 6.07) is 15.8. The molecule has 2 aromatic rings. The van der Waals surface area contributed by atoms with Crippen molar-refractivity contribution in [3.05, 3.63) is 65.2 Å². The maximum Gasteiger partial charge on any atom is 0.261 e. The highest BCUT2D eigenvalue weighted by molar-refractivity contribution is 6.30. The summed E-state index contributed by atoms with van der Waals surface area (Å²) in [5.41, 5.74) is 0.554. The standard InChI is InChI=1S/C22H27ClN2O3/c1-16(21(27)24-22(2,3)4)25(14-17-9-6-5-7-10-17)20(26)15-28-19-12-8-11-18(23)13-19/h5-13,16H,14-15H2,1-4H3,(H,24,27)/t16-/m0/s1. The van der Waals surface area contributed by atoms with Gasteiger partial charge in [-0.3, -0.25) is 9.59 Å². The summed E-state index contributed by atoms with van der Waals surface area (Å²) >= 11 is 5.96. The van der Waals surface area contributed by atoms with E-state index in [2.05, 4.69) is 5.32 Å². The van der Waals surface area contributed by atoms with Gasteiger partial charge >= 0.3 is 0 Å². The van der Waals surface area contributed by atoms with E-state index in [0.717, 1.165) is 5.56 Å². The molecule has 2 amide bonds. The van der Waals surface area contributed by atoms with Gasteiger partial charge in [-0.15, -0.1) is 0 Å². The monoisotopic (exact) mass is 402 g/mol. The lowest BCUT2D eigenvalue weighted by molar-refractivity contribution is -0.142. The van der Waals surface area contributed by atoms with Crippen LogP contribution in [0.15, 0.2) is 54.6 Å². The van der Waals surface area contributed by atoms with Crippen LogP contribution >= 0.6 is 11.6 Å². The third kappa shape index (κ3) is 6.89. The number of nitrogens with one attached hydrogen (secondary N) is 1. The fraction of sp³-hybridized carbons (Fsp3) is 0.364. The Balaban J connectivity index is 2.14. The Hall–Kier alpha value is -2.53. The minimum atomic E-state index is -0.644. The van der Waals surface area contributed by atoms with Crippen molar-refractivity contribution in [1.82, 2.24) is 10.2 Å². The van der Waals surface area contributed by atoms with Crippen LogP contribution in [0.25, 0.3) is 0 Å². The second-order valence-corrected chi connectivity index (χ2v) is 8.10. The first kappa shape index (κ1) is 21.8. The first-order valence-electron chi connectivity index (χ1n) is 9.19. The predicted molar refractivity (Wildman–Crippen MR) is 111 cm³/mol. The summed E-state index contributed by atoms with van der Waals surface area (Å²) in [6.07, 6.45) is 0. The van der Waals surface area contributed by atoms with Crippen LogP contribution in [0.5, 0.6) is 5.75 Å². The summed E-state index contributed by atoms with van der Waals surface area (Å²) in [7, 11) is 0. The average Bonchev–Trinajstić information content (AvgIpc) is 2.63. The Bertz CT molecular complexity index is 803. The Morgan fingerprint density at radius 3 is 2.39 bits per heavy atom. The summed E-state index contributed by atoms with van der Waals surface area (Å²) in [4.78, 5) is 27.1. The fourth-order valence-corrected chi connectivity index (χ4v) is 2.80. The Labute approximate surface area is 171 Å². The molecule has 0 unspecified atom stereocenters. The predicted octanol–water partition coefficient (Wildman–Crippen LogP) is 4.05. The Kier molecular flexibility index (Phi) is 7.46. The molecular weight excluding hydrogens is 376 g/mol. The Morgan fingerprint density at radius 2 is 1.79 bits per heavy atom. The van der Waals surface area contributed by atoms with Crippen LogP contribution in [0.4, 0.5) is 0 Å². The molecule has 2 rings (SSSR count). The molecule has 0 aliphatic carbocycles. The minimum Gasteiger partial charge on any atom is -0.484 e. The number of hydrogen-bond donors (Lipinski definition) is 1. The van der Waals surface area contributed by atoms with Gasteiger partial charge in [0.1, 0.15) is 11.8 Å². The number of carbonyl (C=O) groups excluding carboxylic acids is 2. The van der Waals surface area contributed by atoms with Crippen molar-refractivity contribution in [2.45, 2.75) is 45.8 Å². The smallest absolute Gasteiger partial charge is 0.261 e. The molecule has 6 heteroatoms. The van der Waals surface area contributed by atoms with Gasteiger partial charge in [0.2, 0.25) is 5.91 Å². The van der Waals surface area contributed by atoms with Crippen LogP contribution in [-0.4, -0.2) is 34.9 Å². The molecule has 0 heterocycles. The molecule has 0 saturated heterocycles. The number of nitrogens with zero attached hydrogens (tertiary/aromatic N) is 1. The lowest BCUT2D eigenvalue weighted by Crippen LogP contribution is -2.53. The van der Waals surface area contributed by atoms with Gasteiger partial charge in [-0.25, -0.2) is 0 Å². The molecule has 0 saturated carbocycles. The number of amides is 2. The minimum absolute atomic E-state index is 0.180. The highest BCUT2D eigenvalue weighted by Crippen LogP contribution is 2.18. The zero-order valence-electron chi connectivity index (χ0n) is 16.7. The average molecular weight is 403 g/mol. The number of ether oxygens (including phenoxy) is 1. The maximum absolute atomic E-state index is 12.9. The lowest BCUT2D eigenvalue weighted by atomic mass is 10.1. The van der Waals surface area contributed by atoms with Crippen molar-refractivity contribution in [2.24, 2.45) is 0 Å². The van der Waals surface area contributed by atoms with E-state index in [0.29, 0.717) is 17.3 Å². The highest BCUT2D eigenvalue weighted by Gasteiger charge is 2.28. The van der Waals surface area contributed by atoms with Crippen LogP contribution in [0.2, 0.25) is 5.02 Å². The molecule has 0 aliphatic rings. The van der Waals surface area contributed by atoms with E-state index in [1.54, 1.807) is 31.2 Å². The van der Waals surface area contributed by atoms with Gasteiger partial charge in [0.25, 0.3) is 5.91 Å². The van der Waals surface area contributed by atoms with Gasteiger partial charge in [0.05, 0.1) is 0 Å². The van der Waals surface area contributed by atoms with Crippen LogP contribution < -0.4 is 10.1 Å². The zero-order chi connectivity index (χ0) is 20.7. The molecule has 2 aromatic carbocycles. The molecule has 0 fully saturated rings. The molecule has 1 atom stereocenters. The van der Waals surface area contributed by atoms with Crippen LogP contribution in [0.3, 0.4) is 0 Å². The third-order valence-electron chi connectivity index (χ3n) is 4.02. The first-order valence-corrected chi connectivity index (χ1v) is 9.57. The van der Waals surface area contributed by atoms with E-state index in [1.807, 2.05) is 51.1 Å². The van der Waals surface area contributed by atoms with Crippen molar-refractivity contribution in [1.29, 1.82) is 0 Å². The van der Waals surface area contributed by atoms with Gasteiger partial charge < -0.3 is 15.0 Å². The van der Waals surface area contributed by atoms with Crippen molar-refractivity contribution < 1.29 is 14.3 Å². The molecule has 150 valence electrons. The summed E-state index contributed by atoms with van der Waals surface area (Å²) in [6.45, 7) is 7.58. The second-order valence-electron chi connectivity index (χ2n) is 7.67. The summed E-state index contributed by atoms with van der Waals surface area (Å²) in [5.74, 6) is 0.0206. The van der Waals surface area contributed by atoms with Crippen molar-refractivity contribution >= 4 is 23.4 Å². The van der Waals surface area contributed by atoms with E-state index in [4.69, 9.17) is 16.3 Å². The molecular formula is C22H27ClN2O3. The quantitative estimate of drug-likeness (QED) is 0.760. The van der Waals surface area contributed by atoms with E-state index >= 15 is 0 Å². The molecule has 1 N–H and O–H groups in total. The van der Waals surface area contributed by atoms with E-state index in [1.165, 1.54) is 4.90 Å². The number of hydrogen-bond acceptors (Lipinski definition) is 3. The van der Waals surface area contributed by atoms with E-state index < -0.39 is 6.04 Å². The number of carbonyl (C=O) groups is 2. The number of rotatable bonds is 7. The molecule has 0 aliphatic heterocycles. The molecule has 0 spiro atoms. The second kappa shape index (κ2) is 9.60. The largest absolute Gasteiger partial charge is 0.484 e. The van der Waals surface area contributed by atoms with Gasteiger partial charge in [0, 0.05) is 17.1 Å². The molecule has 0 bridgehead atoms. The van der Waals surface area contributed by atoms with Gasteiger partial charge in [-0.05, 0) is 51.5 Å². The summed E-state index contributed by atoms with van der Waals surface area (Å²) < 4.78 is 5.59. The van der Waals surface area contributed by atoms with Crippen LogP contribution in [0.1, 0.15) is 33.3 Å². The lowest BCUT2D eigenvalue weighted by Gasteiger charge is -2.31. The highest BCUT2D eigenvalue weighted by atomic mass is 35.5. The maximum atomic E-state index is 12.9. The zero-order valence-corrected chi connectivity index (χ0v) is 17.5. The van der Waals surface area contributed by atoms with Gasteiger partial charge in [-0.2, -0.15) is 0 Å². The van der Waals surface area contributed by atoms with Crippen molar-refractivity contribution in [3.8, 4) is 5.75 Å². The Morgan fingerprint density at radius 1 is 1.11 bits per heavy atom. The molecule has 0 radical (unpaired) electrons. The summed E-state index contributed by atoms with van der Waals surface area (Å²) in [5, 5.41) is 3.46. The van der Waals surface area contributed by atoms with Crippen molar-refractivity contribution in [3.63, 3.8) is 0 Å². The normalized spacial score (nSPS) is 12.2. The molecule has 5 nitrogen and oxygen atoms in total. The SMILES string of the molecule is C[C@@H](C(=O)NC(C)(C)C)N(Cc1ccccc1)C(=O)COc1cccc(Cl)c1. The number of halogens is 1. The fourth-order valence-electron chi connectivity index (χ4n) is 2.62. The number of benzene rings is 2. The molecule has 0 aromatic heterocycles. The molecule has 28 heavy (non-hydrogen) atoms. The van der Waals surface area contributed by atoms with Gasteiger partial charge in [-0.1, -0.05) is 48.0 Å². The van der Waals surface area contributed by atoms with Crippen LogP contribution in [-0.2, 0) is 16.1 Å². The third-order valence-corrected chi connectivity index (χ3v) is 4.25. The van der Waals surface area contributed by atoms with E-state index in [9.17, 15) is 9.59 Å².